The van der Waals surface area contributed by atoms with E-state index >= 15 is 0 Å². The van der Waals surface area contributed by atoms with Crippen LogP contribution in [0.25, 0.3) is 0 Å². The van der Waals surface area contributed by atoms with Crippen molar-refractivity contribution in [3.8, 4) is 0 Å². The van der Waals surface area contributed by atoms with Gasteiger partial charge in [0, 0.05) is 13.0 Å². The predicted molar refractivity (Wildman–Crippen MR) is 142 cm³/mol. The summed E-state index contributed by atoms with van der Waals surface area (Å²) in [7, 11) is 0. The molecule has 1 aromatic rings. The first-order valence-electron chi connectivity index (χ1n) is 11.7. The van der Waals surface area contributed by atoms with E-state index in [2.05, 4.69) is 16.0 Å². The van der Waals surface area contributed by atoms with Crippen molar-refractivity contribution in [1.82, 2.24) is 16.0 Å². The van der Waals surface area contributed by atoms with Crippen molar-refractivity contribution in [2.75, 3.05) is 13.2 Å². The topological polar surface area (TPSA) is 149 Å². The summed E-state index contributed by atoms with van der Waals surface area (Å²) in [6.07, 6.45) is 0.0442. The molecule has 0 heterocycles. The lowest BCUT2D eigenvalue weighted by atomic mass is 10.0. The minimum atomic E-state index is -1.73. The number of alkyl halides is 3. The van der Waals surface area contributed by atoms with Crippen LogP contribution in [-0.2, 0) is 30.3 Å². The highest BCUT2D eigenvalue weighted by Crippen LogP contribution is 2.26. The standard InChI is InChI=1S/C24H35Cl3N4O6/c1-15(19(32)29-12-8-11-17(28)21(34)36-14-24(25,26)27)30-20(33)18(13-16-9-6-5-7-10-16)31-22(35)37-23(2,3)4/h5-7,9-10,15,17-18H,8,11-14,28H2,1-4H3,(H,29,32)(H,30,33)(H,31,35)/t15-,17-,18-/m0/s1. The molecule has 5 N–H and O–H groups in total. The second kappa shape index (κ2) is 15.2. The molecule has 0 saturated carbocycles. The molecule has 0 unspecified atom stereocenters. The van der Waals surface area contributed by atoms with Crippen molar-refractivity contribution in [2.24, 2.45) is 5.73 Å². The number of hydrogen-bond donors (Lipinski definition) is 4. The minimum absolute atomic E-state index is 0.201. The molecule has 1 aromatic carbocycles. The van der Waals surface area contributed by atoms with Crippen LogP contribution >= 0.6 is 34.8 Å². The van der Waals surface area contributed by atoms with E-state index in [1.165, 1.54) is 6.92 Å². The molecule has 208 valence electrons. The van der Waals surface area contributed by atoms with Gasteiger partial charge >= 0.3 is 12.1 Å². The van der Waals surface area contributed by atoms with Crippen LogP contribution < -0.4 is 21.7 Å². The molecule has 0 radical (unpaired) electrons. The number of carbonyl (C=O) groups excluding carboxylic acids is 4. The van der Waals surface area contributed by atoms with Gasteiger partial charge in [-0.15, -0.1) is 0 Å². The van der Waals surface area contributed by atoms with Gasteiger partial charge in [0.05, 0.1) is 0 Å². The molecule has 3 amide bonds. The lowest BCUT2D eigenvalue weighted by Crippen LogP contribution is -2.54. The Morgan fingerprint density at radius 3 is 2.19 bits per heavy atom. The third-order valence-corrected chi connectivity index (χ3v) is 5.04. The molecule has 0 aromatic heterocycles. The number of amides is 3. The highest BCUT2D eigenvalue weighted by Gasteiger charge is 2.27. The zero-order valence-corrected chi connectivity index (χ0v) is 23.6. The Bertz CT molecular complexity index is 906. The molecule has 0 spiro atoms. The van der Waals surface area contributed by atoms with E-state index in [4.69, 9.17) is 50.0 Å². The smallest absolute Gasteiger partial charge is 0.408 e. The summed E-state index contributed by atoms with van der Waals surface area (Å²) < 4.78 is 8.35. The lowest BCUT2D eigenvalue weighted by molar-refractivity contribution is -0.145. The number of rotatable bonds is 12. The first-order chi connectivity index (χ1) is 17.1. The van der Waals surface area contributed by atoms with Crippen molar-refractivity contribution >= 4 is 58.7 Å². The quantitative estimate of drug-likeness (QED) is 0.168. The van der Waals surface area contributed by atoms with Gasteiger partial charge in [-0.3, -0.25) is 14.4 Å². The molecule has 0 aliphatic carbocycles. The fourth-order valence-corrected chi connectivity index (χ4v) is 3.12. The predicted octanol–water partition coefficient (Wildman–Crippen LogP) is 2.76. The van der Waals surface area contributed by atoms with Crippen LogP contribution in [0, 0.1) is 0 Å². The summed E-state index contributed by atoms with van der Waals surface area (Å²) in [4.78, 5) is 49.5. The fraction of sp³-hybridized carbons (Fsp3) is 0.583. The average molecular weight is 582 g/mol. The third kappa shape index (κ3) is 14.9. The first-order valence-corrected chi connectivity index (χ1v) is 12.8. The third-order valence-electron chi connectivity index (χ3n) is 4.71. The molecule has 3 atom stereocenters. The number of benzene rings is 1. The van der Waals surface area contributed by atoms with Gasteiger partial charge in [-0.1, -0.05) is 65.1 Å². The van der Waals surface area contributed by atoms with E-state index in [0.29, 0.717) is 6.42 Å². The molecule has 10 nitrogen and oxygen atoms in total. The van der Waals surface area contributed by atoms with Gasteiger partial charge in [0.15, 0.2) is 0 Å². The molecule has 37 heavy (non-hydrogen) atoms. The van der Waals surface area contributed by atoms with Gasteiger partial charge in [0.1, 0.15) is 30.3 Å². The van der Waals surface area contributed by atoms with Crippen molar-refractivity contribution < 1.29 is 28.7 Å². The summed E-state index contributed by atoms with van der Waals surface area (Å²) in [5, 5.41) is 7.85. The monoisotopic (exact) mass is 580 g/mol. The zero-order chi connectivity index (χ0) is 28.2. The number of halogens is 3. The van der Waals surface area contributed by atoms with Crippen LogP contribution in [0.4, 0.5) is 4.79 Å². The first kappa shape index (κ1) is 32.8. The number of hydrogen-bond acceptors (Lipinski definition) is 7. The average Bonchev–Trinajstić information content (AvgIpc) is 2.78. The van der Waals surface area contributed by atoms with Crippen molar-refractivity contribution in [2.45, 2.75) is 74.5 Å². The molecule has 0 saturated heterocycles. The van der Waals surface area contributed by atoms with Crippen LogP contribution in [-0.4, -0.2) is 64.5 Å². The van der Waals surface area contributed by atoms with Crippen LogP contribution in [0.15, 0.2) is 30.3 Å². The van der Waals surface area contributed by atoms with Crippen molar-refractivity contribution in [1.29, 1.82) is 0 Å². The van der Waals surface area contributed by atoms with Gasteiger partial charge in [0.2, 0.25) is 15.6 Å². The Balaban J connectivity index is 2.58. The molecule has 13 heteroatoms. The van der Waals surface area contributed by atoms with Gasteiger partial charge in [-0.25, -0.2) is 4.79 Å². The maximum Gasteiger partial charge on any atom is 0.408 e. The number of nitrogens with two attached hydrogens (primary N) is 1. The summed E-state index contributed by atoms with van der Waals surface area (Å²) in [6, 6.07) is 6.32. The van der Waals surface area contributed by atoms with Gasteiger partial charge < -0.3 is 31.2 Å². The second-order valence-corrected chi connectivity index (χ2v) is 11.9. The van der Waals surface area contributed by atoms with E-state index in [-0.39, 0.29) is 19.4 Å². The number of nitrogens with one attached hydrogen (secondary N) is 3. The summed E-state index contributed by atoms with van der Waals surface area (Å²) in [6.45, 7) is 6.43. The van der Waals surface area contributed by atoms with E-state index in [0.717, 1.165) is 5.56 Å². The van der Waals surface area contributed by atoms with Crippen molar-refractivity contribution in [3.63, 3.8) is 0 Å². The van der Waals surface area contributed by atoms with Gasteiger partial charge in [-0.2, -0.15) is 0 Å². The number of alkyl carbamates (subject to hydrolysis) is 1. The Labute approximate surface area is 232 Å². The number of esters is 1. The van der Waals surface area contributed by atoms with Crippen molar-refractivity contribution in [3.05, 3.63) is 35.9 Å². The normalized spacial score (nSPS) is 14.1. The van der Waals surface area contributed by atoms with E-state index in [9.17, 15) is 19.2 Å². The highest BCUT2D eigenvalue weighted by molar-refractivity contribution is 6.67. The molecular weight excluding hydrogens is 547 g/mol. The fourth-order valence-electron chi connectivity index (χ4n) is 2.95. The van der Waals surface area contributed by atoms with E-state index in [1.54, 1.807) is 20.8 Å². The second-order valence-electron chi connectivity index (χ2n) is 9.38. The van der Waals surface area contributed by atoms with Gasteiger partial charge in [0.25, 0.3) is 0 Å². The molecule has 0 fully saturated rings. The largest absolute Gasteiger partial charge is 0.460 e. The Hall–Kier alpha value is -2.27. The molecule has 0 aliphatic rings. The Morgan fingerprint density at radius 2 is 1.62 bits per heavy atom. The van der Waals surface area contributed by atoms with E-state index < -0.39 is 58.0 Å². The molecule has 1 rings (SSSR count). The number of ether oxygens (including phenoxy) is 2. The van der Waals surface area contributed by atoms with Crippen LogP contribution in [0.5, 0.6) is 0 Å². The minimum Gasteiger partial charge on any atom is -0.460 e. The van der Waals surface area contributed by atoms with Crippen LogP contribution in [0.3, 0.4) is 0 Å². The maximum atomic E-state index is 12.9. The van der Waals surface area contributed by atoms with Crippen LogP contribution in [0.1, 0.15) is 46.1 Å². The zero-order valence-electron chi connectivity index (χ0n) is 21.3. The number of carbonyl (C=O) groups is 4. The lowest BCUT2D eigenvalue weighted by Gasteiger charge is -2.24. The SMILES string of the molecule is C[C@H](NC(=O)[C@H](Cc1ccccc1)NC(=O)OC(C)(C)C)C(=O)NCCC[C@H](N)C(=O)OCC(Cl)(Cl)Cl. The summed E-state index contributed by atoms with van der Waals surface area (Å²) in [5.41, 5.74) is 5.82. The van der Waals surface area contributed by atoms with Crippen LogP contribution in [0.2, 0.25) is 0 Å². The maximum absolute atomic E-state index is 12.9. The van der Waals surface area contributed by atoms with E-state index in [1.807, 2.05) is 30.3 Å². The summed E-state index contributed by atoms with van der Waals surface area (Å²) in [5.74, 6) is -1.72. The molecular formula is C24H35Cl3N4O6. The summed E-state index contributed by atoms with van der Waals surface area (Å²) >= 11 is 16.6. The Morgan fingerprint density at radius 1 is 1.00 bits per heavy atom. The highest BCUT2D eigenvalue weighted by atomic mass is 35.6. The van der Waals surface area contributed by atoms with Gasteiger partial charge in [-0.05, 0) is 46.1 Å². The molecule has 0 bridgehead atoms. The Kier molecular flexibility index (Phi) is 13.5. The molecule has 0 aliphatic heterocycles.